The van der Waals surface area contributed by atoms with Crippen molar-refractivity contribution in [2.75, 3.05) is 12.3 Å². The van der Waals surface area contributed by atoms with Gasteiger partial charge >= 0.3 is 12.1 Å². The first-order valence-electron chi connectivity index (χ1n) is 11.1. The largest absolute Gasteiger partial charge is 0.465 e. The van der Waals surface area contributed by atoms with Crippen molar-refractivity contribution in [3.8, 4) is 0 Å². The third kappa shape index (κ3) is 4.23. The molecule has 1 aromatic heterocycles. The number of alkyl halides is 3. The molecule has 33 heavy (non-hydrogen) atoms. The molecule has 2 aliphatic rings. The zero-order valence-electron chi connectivity index (χ0n) is 19.2. The standard InChI is InChI=1S/C25H28F3N3O2/c1-5-33-23(32)18-13(2)30-22-20(19(18)14-7-6-8-15(11-14)25(26,27)28)21(29)16-12-24(3,4)10-9-17(16)31-22/h6-8,11,18-19H,5,9-10,12H2,1-4H3,(H2,29,31). The molecular weight excluding hydrogens is 431 g/mol. The summed E-state index contributed by atoms with van der Waals surface area (Å²) in [6.45, 7) is 7.84. The van der Waals surface area contributed by atoms with E-state index in [1.165, 1.54) is 6.07 Å². The molecule has 8 heteroatoms. The van der Waals surface area contributed by atoms with Crippen LogP contribution in [0.3, 0.4) is 0 Å². The fourth-order valence-electron chi connectivity index (χ4n) is 4.96. The molecule has 0 bridgehead atoms. The number of halogens is 3. The van der Waals surface area contributed by atoms with Gasteiger partial charge in [-0.15, -0.1) is 0 Å². The number of benzene rings is 1. The first-order valence-corrected chi connectivity index (χ1v) is 11.1. The Hall–Kier alpha value is -2.90. The number of hydrogen-bond acceptors (Lipinski definition) is 5. The molecule has 0 amide bonds. The van der Waals surface area contributed by atoms with Gasteiger partial charge < -0.3 is 10.5 Å². The van der Waals surface area contributed by atoms with Crippen LogP contribution in [-0.2, 0) is 28.5 Å². The molecule has 0 spiro atoms. The number of rotatable bonds is 3. The minimum absolute atomic E-state index is 0.0249. The smallest absolute Gasteiger partial charge is 0.416 e. The summed E-state index contributed by atoms with van der Waals surface area (Å²) in [6.07, 6.45) is -2.10. The fourth-order valence-corrected chi connectivity index (χ4v) is 4.96. The van der Waals surface area contributed by atoms with Gasteiger partial charge in [0, 0.05) is 28.6 Å². The number of nitrogens with zero attached hydrogens (tertiary/aromatic N) is 2. The van der Waals surface area contributed by atoms with E-state index in [2.05, 4.69) is 18.8 Å². The van der Waals surface area contributed by atoms with Crippen molar-refractivity contribution >= 4 is 23.2 Å². The van der Waals surface area contributed by atoms with Gasteiger partial charge in [-0.1, -0.05) is 32.0 Å². The lowest BCUT2D eigenvalue weighted by molar-refractivity contribution is -0.146. The van der Waals surface area contributed by atoms with Crippen LogP contribution in [0.1, 0.15) is 68.0 Å². The zero-order valence-corrected chi connectivity index (χ0v) is 19.2. The van der Waals surface area contributed by atoms with E-state index in [-0.39, 0.29) is 12.0 Å². The topological polar surface area (TPSA) is 77.6 Å². The first-order chi connectivity index (χ1) is 15.4. The van der Waals surface area contributed by atoms with Gasteiger partial charge in [0.2, 0.25) is 0 Å². The summed E-state index contributed by atoms with van der Waals surface area (Å²) >= 11 is 0. The van der Waals surface area contributed by atoms with E-state index in [0.29, 0.717) is 34.8 Å². The number of aliphatic imine (C=N–C) groups is 1. The van der Waals surface area contributed by atoms with E-state index >= 15 is 0 Å². The third-order valence-corrected chi connectivity index (χ3v) is 6.63. The fraction of sp³-hybridized carbons (Fsp3) is 0.480. The summed E-state index contributed by atoms with van der Waals surface area (Å²) in [5.74, 6) is -1.82. The molecule has 2 N–H and O–H groups in total. The van der Waals surface area contributed by atoms with Gasteiger partial charge in [0.1, 0.15) is 5.92 Å². The number of fused-ring (bicyclic) bond motifs is 2. The molecule has 2 atom stereocenters. The number of nitrogens with two attached hydrogens (primary N) is 1. The number of carbonyl (C=O) groups excluding carboxylic acids is 1. The maximum absolute atomic E-state index is 13.5. The molecule has 1 aliphatic carbocycles. The highest BCUT2D eigenvalue weighted by Crippen LogP contribution is 2.49. The van der Waals surface area contributed by atoms with Crippen molar-refractivity contribution in [2.45, 2.75) is 59.1 Å². The molecular formula is C25H28F3N3O2. The van der Waals surface area contributed by atoms with Gasteiger partial charge in [-0.2, -0.15) is 13.2 Å². The Balaban J connectivity index is 1.97. The minimum atomic E-state index is -4.51. The van der Waals surface area contributed by atoms with Crippen molar-refractivity contribution in [1.82, 2.24) is 4.98 Å². The number of anilines is 1. The van der Waals surface area contributed by atoms with E-state index in [1.807, 2.05) is 0 Å². The predicted molar refractivity (Wildman–Crippen MR) is 121 cm³/mol. The Labute approximate surface area is 191 Å². The van der Waals surface area contributed by atoms with Crippen LogP contribution in [0.25, 0.3) is 0 Å². The number of pyridine rings is 1. The molecule has 4 rings (SSSR count). The van der Waals surface area contributed by atoms with Gasteiger partial charge in [-0.3, -0.25) is 4.79 Å². The van der Waals surface area contributed by atoms with Crippen LogP contribution in [0.5, 0.6) is 0 Å². The van der Waals surface area contributed by atoms with E-state index in [9.17, 15) is 18.0 Å². The molecule has 1 aliphatic heterocycles. The number of nitrogen functional groups attached to an aromatic ring is 1. The summed E-state index contributed by atoms with van der Waals surface area (Å²) in [5.41, 5.74) is 9.48. The molecule has 0 radical (unpaired) electrons. The number of carbonyl (C=O) groups is 1. The monoisotopic (exact) mass is 459 g/mol. The second-order valence-electron chi connectivity index (χ2n) is 9.61. The summed E-state index contributed by atoms with van der Waals surface area (Å²) in [4.78, 5) is 22.4. The number of hydrogen-bond donors (Lipinski definition) is 1. The summed E-state index contributed by atoms with van der Waals surface area (Å²) in [7, 11) is 0. The molecule has 0 fully saturated rings. The van der Waals surface area contributed by atoms with Crippen molar-refractivity contribution in [1.29, 1.82) is 0 Å². The Morgan fingerprint density at radius 2 is 2.03 bits per heavy atom. The third-order valence-electron chi connectivity index (χ3n) is 6.63. The highest BCUT2D eigenvalue weighted by atomic mass is 19.4. The van der Waals surface area contributed by atoms with Crippen LogP contribution in [0.4, 0.5) is 24.7 Å². The number of aryl methyl sites for hydroxylation is 1. The lowest BCUT2D eigenvalue weighted by Gasteiger charge is -2.36. The molecule has 1 aromatic carbocycles. The second-order valence-corrected chi connectivity index (χ2v) is 9.61. The Kier molecular flexibility index (Phi) is 5.75. The van der Waals surface area contributed by atoms with Crippen molar-refractivity contribution in [3.05, 3.63) is 52.2 Å². The SMILES string of the molecule is CCOC(=O)C1C(C)=Nc2nc3c(c(N)c2C1c1cccc(C(F)(F)F)c1)CC(C)(C)CC3. The first kappa shape index (κ1) is 23.3. The highest BCUT2D eigenvalue weighted by molar-refractivity contribution is 6.05. The van der Waals surface area contributed by atoms with Gasteiger partial charge in [0.15, 0.2) is 5.82 Å². The quantitative estimate of drug-likeness (QED) is 0.605. The van der Waals surface area contributed by atoms with Crippen LogP contribution in [0.2, 0.25) is 0 Å². The number of aromatic nitrogens is 1. The molecule has 5 nitrogen and oxygen atoms in total. The maximum Gasteiger partial charge on any atom is 0.416 e. The maximum atomic E-state index is 13.5. The van der Waals surface area contributed by atoms with Crippen LogP contribution >= 0.6 is 0 Å². The average molecular weight is 460 g/mol. The van der Waals surface area contributed by atoms with Gasteiger partial charge in [0.05, 0.1) is 12.2 Å². The number of ether oxygens (including phenoxy) is 1. The van der Waals surface area contributed by atoms with E-state index in [1.54, 1.807) is 19.9 Å². The second kappa shape index (κ2) is 8.15. The van der Waals surface area contributed by atoms with E-state index in [4.69, 9.17) is 15.5 Å². The molecule has 2 unspecified atom stereocenters. The lowest BCUT2D eigenvalue weighted by Crippen LogP contribution is -2.35. The number of esters is 1. The Morgan fingerprint density at radius 1 is 1.30 bits per heavy atom. The van der Waals surface area contributed by atoms with Crippen molar-refractivity contribution < 1.29 is 22.7 Å². The molecule has 176 valence electrons. The summed E-state index contributed by atoms with van der Waals surface area (Å²) in [5, 5.41) is 0. The van der Waals surface area contributed by atoms with E-state index in [0.717, 1.165) is 36.2 Å². The lowest BCUT2D eigenvalue weighted by atomic mass is 9.71. The van der Waals surface area contributed by atoms with Crippen LogP contribution in [0.15, 0.2) is 29.3 Å². The van der Waals surface area contributed by atoms with Crippen LogP contribution in [-0.4, -0.2) is 23.3 Å². The molecule has 2 heterocycles. The van der Waals surface area contributed by atoms with E-state index < -0.39 is 29.5 Å². The molecule has 0 saturated carbocycles. The molecule has 0 saturated heterocycles. The minimum Gasteiger partial charge on any atom is -0.465 e. The van der Waals surface area contributed by atoms with Crippen LogP contribution < -0.4 is 5.73 Å². The highest BCUT2D eigenvalue weighted by Gasteiger charge is 2.43. The normalized spacial score (nSPS) is 21.6. The average Bonchev–Trinajstić information content (AvgIpc) is 2.73. The van der Waals surface area contributed by atoms with Crippen LogP contribution in [0, 0.1) is 11.3 Å². The zero-order chi connectivity index (χ0) is 24.1. The Bertz CT molecular complexity index is 1140. The van der Waals surface area contributed by atoms with Crippen molar-refractivity contribution in [3.63, 3.8) is 0 Å². The summed E-state index contributed by atoms with van der Waals surface area (Å²) in [6, 6.07) is 5.05. The summed E-state index contributed by atoms with van der Waals surface area (Å²) < 4.78 is 45.9. The van der Waals surface area contributed by atoms with Gasteiger partial charge in [0.25, 0.3) is 0 Å². The van der Waals surface area contributed by atoms with Gasteiger partial charge in [-0.25, -0.2) is 9.98 Å². The van der Waals surface area contributed by atoms with Gasteiger partial charge in [-0.05, 0) is 55.7 Å². The Morgan fingerprint density at radius 3 is 2.70 bits per heavy atom. The molecule has 2 aromatic rings. The predicted octanol–water partition coefficient (Wildman–Crippen LogP) is 5.61. The van der Waals surface area contributed by atoms with Crippen molar-refractivity contribution in [2.24, 2.45) is 16.3 Å².